The maximum atomic E-state index is 11.5. The van der Waals surface area contributed by atoms with Crippen LogP contribution < -0.4 is 10.6 Å². The molecule has 0 fully saturated rings. The van der Waals surface area contributed by atoms with Crippen molar-refractivity contribution in [1.29, 1.82) is 0 Å². The summed E-state index contributed by atoms with van der Waals surface area (Å²) in [6, 6.07) is 7.27. The summed E-state index contributed by atoms with van der Waals surface area (Å²) in [5.41, 5.74) is 0.858. The Morgan fingerprint density at radius 2 is 2.10 bits per heavy atom. The van der Waals surface area contributed by atoms with E-state index in [1.165, 1.54) is 0 Å². The summed E-state index contributed by atoms with van der Waals surface area (Å²) in [6.07, 6.45) is 0. The topological polar surface area (TPSA) is 80.0 Å². The monoisotopic (exact) mass is 338 g/mol. The molecule has 0 unspecified atom stereocenters. The fraction of sp³-hybridized carbons (Fsp3) is 0.308. The van der Waals surface area contributed by atoms with E-state index in [1.54, 1.807) is 14.0 Å². The molecule has 1 aromatic heterocycles. The summed E-state index contributed by atoms with van der Waals surface area (Å²) in [4.78, 5) is 15.8. The quantitative estimate of drug-likeness (QED) is 0.870. The smallest absolute Gasteiger partial charge is 0.249 e. The molecule has 0 aliphatic carbocycles. The third kappa shape index (κ3) is 3.64. The van der Waals surface area contributed by atoms with Gasteiger partial charge in [-0.3, -0.25) is 4.79 Å². The van der Waals surface area contributed by atoms with Crippen LogP contribution in [0.15, 0.2) is 33.3 Å². The molecule has 7 heteroatoms. The van der Waals surface area contributed by atoms with Crippen LogP contribution in [-0.2, 0) is 4.79 Å². The Morgan fingerprint density at radius 1 is 1.40 bits per heavy atom. The van der Waals surface area contributed by atoms with E-state index in [0.717, 1.165) is 10.0 Å². The molecule has 0 saturated carbocycles. The lowest BCUT2D eigenvalue weighted by molar-refractivity contribution is -0.120. The van der Waals surface area contributed by atoms with E-state index in [4.69, 9.17) is 4.52 Å². The molecular formula is C13H15BrN4O2. The highest BCUT2D eigenvalue weighted by molar-refractivity contribution is 9.10. The Bertz CT molecular complexity index is 582. The molecule has 2 N–H and O–H groups in total. The van der Waals surface area contributed by atoms with Gasteiger partial charge in [-0.2, -0.15) is 4.98 Å². The van der Waals surface area contributed by atoms with Gasteiger partial charge in [0.25, 0.3) is 0 Å². The Labute approximate surface area is 125 Å². The van der Waals surface area contributed by atoms with Gasteiger partial charge in [-0.25, -0.2) is 0 Å². The van der Waals surface area contributed by atoms with E-state index >= 15 is 0 Å². The van der Waals surface area contributed by atoms with E-state index in [2.05, 4.69) is 36.7 Å². The minimum atomic E-state index is -0.326. The Hall–Kier alpha value is -1.73. The second-order valence-electron chi connectivity index (χ2n) is 4.28. The minimum absolute atomic E-state index is 0.122. The van der Waals surface area contributed by atoms with Crippen molar-refractivity contribution in [2.75, 3.05) is 13.6 Å². The molecule has 1 heterocycles. The molecule has 1 amide bonds. The number of halogens is 1. The van der Waals surface area contributed by atoms with Gasteiger partial charge in [0.2, 0.25) is 17.6 Å². The summed E-state index contributed by atoms with van der Waals surface area (Å²) < 4.78 is 6.17. The van der Waals surface area contributed by atoms with Crippen LogP contribution in [0.1, 0.15) is 18.9 Å². The number of amides is 1. The van der Waals surface area contributed by atoms with E-state index < -0.39 is 0 Å². The van der Waals surface area contributed by atoms with E-state index in [0.29, 0.717) is 11.7 Å². The molecule has 2 rings (SSSR count). The zero-order valence-corrected chi connectivity index (χ0v) is 12.8. The molecule has 0 aliphatic heterocycles. The Balaban J connectivity index is 2.08. The molecule has 106 valence electrons. The van der Waals surface area contributed by atoms with Crippen molar-refractivity contribution in [3.05, 3.63) is 34.6 Å². The molecule has 0 spiro atoms. The number of rotatable bonds is 5. The second-order valence-corrected chi connectivity index (χ2v) is 5.20. The van der Waals surface area contributed by atoms with E-state index in [9.17, 15) is 4.79 Å². The first-order valence-corrected chi connectivity index (χ1v) is 6.93. The van der Waals surface area contributed by atoms with E-state index in [-0.39, 0.29) is 18.5 Å². The lowest BCUT2D eigenvalue weighted by Gasteiger charge is -2.08. The first kappa shape index (κ1) is 14.7. The number of aromatic nitrogens is 2. The van der Waals surface area contributed by atoms with Crippen molar-refractivity contribution in [2.45, 2.75) is 13.0 Å². The molecule has 1 aromatic carbocycles. The number of hydrogen-bond donors (Lipinski definition) is 2. The zero-order valence-electron chi connectivity index (χ0n) is 11.2. The lowest BCUT2D eigenvalue weighted by Crippen LogP contribution is -2.34. The summed E-state index contributed by atoms with van der Waals surface area (Å²) in [5, 5.41) is 9.47. The number of carbonyl (C=O) groups is 1. The summed E-state index contributed by atoms with van der Waals surface area (Å²) >= 11 is 3.37. The van der Waals surface area contributed by atoms with Crippen LogP contribution in [0.25, 0.3) is 11.4 Å². The van der Waals surface area contributed by atoms with E-state index in [1.807, 2.05) is 24.3 Å². The number of nitrogens with one attached hydrogen (secondary N) is 2. The number of hydrogen-bond acceptors (Lipinski definition) is 5. The molecule has 1 atom stereocenters. The van der Waals surface area contributed by atoms with Gasteiger partial charge in [-0.15, -0.1) is 0 Å². The predicted octanol–water partition coefficient (Wildman–Crippen LogP) is 1.90. The van der Waals surface area contributed by atoms with Crippen LogP contribution >= 0.6 is 15.9 Å². The van der Waals surface area contributed by atoms with Crippen molar-refractivity contribution in [3.8, 4) is 11.4 Å². The predicted molar refractivity (Wildman–Crippen MR) is 77.9 cm³/mol. The summed E-state index contributed by atoms with van der Waals surface area (Å²) in [6.45, 7) is 2.05. The molecular weight excluding hydrogens is 324 g/mol. The molecule has 0 bridgehead atoms. The molecule has 0 radical (unpaired) electrons. The van der Waals surface area contributed by atoms with Gasteiger partial charge in [0.1, 0.15) is 6.04 Å². The molecule has 0 saturated heterocycles. The van der Waals surface area contributed by atoms with Gasteiger partial charge in [0, 0.05) is 10.0 Å². The zero-order chi connectivity index (χ0) is 14.5. The van der Waals surface area contributed by atoms with Gasteiger partial charge in [-0.1, -0.05) is 21.1 Å². The highest BCUT2D eigenvalue weighted by Crippen LogP contribution is 2.20. The summed E-state index contributed by atoms with van der Waals surface area (Å²) in [5.74, 6) is 0.762. The van der Waals surface area contributed by atoms with Crippen LogP contribution in [-0.4, -0.2) is 29.6 Å². The minimum Gasteiger partial charge on any atom is -0.343 e. The van der Waals surface area contributed by atoms with Crippen molar-refractivity contribution in [3.63, 3.8) is 0 Å². The number of nitrogens with zero attached hydrogens (tertiary/aromatic N) is 2. The molecule has 2 aromatic rings. The molecule has 20 heavy (non-hydrogen) atoms. The van der Waals surface area contributed by atoms with Crippen LogP contribution in [0.5, 0.6) is 0 Å². The standard InChI is InChI=1S/C13H15BrN4O2/c1-8(16-11(19)7-15-2)13-17-12(18-20-13)9-3-5-10(14)6-4-9/h3-6,8,15H,7H2,1-2H3,(H,16,19)/t8-/m0/s1. The number of likely N-dealkylation sites (N-methyl/N-ethyl adjacent to an activating group) is 1. The normalized spacial score (nSPS) is 12.2. The van der Waals surface area contributed by atoms with Crippen LogP contribution in [0, 0.1) is 0 Å². The lowest BCUT2D eigenvalue weighted by atomic mass is 10.2. The first-order chi connectivity index (χ1) is 9.60. The largest absolute Gasteiger partial charge is 0.343 e. The van der Waals surface area contributed by atoms with Gasteiger partial charge >= 0.3 is 0 Å². The van der Waals surface area contributed by atoms with Crippen LogP contribution in [0.3, 0.4) is 0 Å². The second kappa shape index (κ2) is 6.62. The highest BCUT2D eigenvalue weighted by atomic mass is 79.9. The van der Waals surface area contributed by atoms with Crippen molar-refractivity contribution in [2.24, 2.45) is 0 Å². The molecule has 0 aliphatic rings. The first-order valence-electron chi connectivity index (χ1n) is 6.13. The number of benzene rings is 1. The van der Waals surface area contributed by atoms with Crippen molar-refractivity contribution in [1.82, 2.24) is 20.8 Å². The average molecular weight is 339 g/mol. The van der Waals surface area contributed by atoms with Gasteiger partial charge in [-0.05, 0) is 38.2 Å². The third-order valence-electron chi connectivity index (χ3n) is 2.63. The van der Waals surface area contributed by atoms with Gasteiger partial charge in [0.05, 0.1) is 6.54 Å². The van der Waals surface area contributed by atoms with Gasteiger partial charge < -0.3 is 15.2 Å². The number of carbonyl (C=O) groups excluding carboxylic acids is 1. The maximum absolute atomic E-state index is 11.5. The van der Waals surface area contributed by atoms with Crippen molar-refractivity contribution < 1.29 is 9.32 Å². The fourth-order valence-electron chi connectivity index (χ4n) is 1.64. The molecule has 6 nitrogen and oxygen atoms in total. The van der Waals surface area contributed by atoms with Gasteiger partial charge in [0.15, 0.2) is 0 Å². The summed E-state index contributed by atoms with van der Waals surface area (Å²) in [7, 11) is 1.71. The SMILES string of the molecule is CNCC(=O)N[C@@H](C)c1nc(-c2ccc(Br)cc2)no1. The third-order valence-corrected chi connectivity index (χ3v) is 3.16. The Morgan fingerprint density at radius 3 is 2.75 bits per heavy atom. The van der Waals surface area contributed by atoms with Crippen LogP contribution in [0.2, 0.25) is 0 Å². The maximum Gasteiger partial charge on any atom is 0.249 e. The van der Waals surface area contributed by atoms with Crippen LogP contribution in [0.4, 0.5) is 0 Å². The highest BCUT2D eigenvalue weighted by Gasteiger charge is 2.16. The average Bonchev–Trinajstić information content (AvgIpc) is 2.89. The van der Waals surface area contributed by atoms with Crippen molar-refractivity contribution >= 4 is 21.8 Å². The fourth-order valence-corrected chi connectivity index (χ4v) is 1.91. The Kier molecular flexibility index (Phi) is 4.86.